The Morgan fingerprint density at radius 2 is 1.86 bits per heavy atom. The Kier molecular flexibility index (Phi) is 5.51. The van der Waals surface area contributed by atoms with E-state index in [4.69, 9.17) is 4.98 Å². The smallest absolute Gasteiger partial charge is 0.123 e. The molecule has 0 aliphatic carbocycles. The van der Waals surface area contributed by atoms with Crippen molar-refractivity contribution in [1.82, 2.24) is 9.88 Å². The molecule has 2 aromatic rings. The molecule has 0 radical (unpaired) electrons. The number of nitrogens with zero attached hydrogens (tertiary/aromatic N) is 2. The van der Waals surface area contributed by atoms with Crippen molar-refractivity contribution >= 4 is 11.3 Å². The largest absolute Gasteiger partial charge is 0.392 e. The van der Waals surface area contributed by atoms with Gasteiger partial charge in [0.25, 0.3) is 0 Å². The first-order valence-corrected chi connectivity index (χ1v) is 8.23. The number of aryl methyl sites for hydroxylation is 1. The van der Waals surface area contributed by atoms with Crippen LogP contribution in [-0.4, -0.2) is 33.7 Å². The van der Waals surface area contributed by atoms with E-state index in [0.717, 1.165) is 17.2 Å². The Bertz CT molecular complexity index is 563. The lowest BCUT2D eigenvalue weighted by atomic mass is 10.2. The third-order valence-corrected chi connectivity index (χ3v) is 4.68. The fourth-order valence-electron chi connectivity index (χ4n) is 2.26. The number of aliphatic hydroxyl groups excluding tert-OH is 1. The van der Waals surface area contributed by atoms with Crippen molar-refractivity contribution in [2.24, 2.45) is 0 Å². The molecule has 1 N–H and O–H groups in total. The molecule has 0 saturated heterocycles. The van der Waals surface area contributed by atoms with E-state index in [0.29, 0.717) is 12.6 Å². The van der Waals surface area contributed by atoms with E-state index in [2.05, 4.69) is 37.8 Å². The summed E-state index contributed by atoms with van der Waals surface area (Å²) in [4.78, 5) is 8.27. The highest BCUT2D eigenvalue weighted by Crippen LogP contribution is 2.29. The molecule has 114 valence electrons. The van der Waals surface area contributed by atoms with Gasteiger partial charge in [0.1, 0.15) is 5.01 Å². The van der Waals surface area contributed by atoms with Gasteiger partial charge in [0.2, 0.25) is 0 Å². The van der Waals surface area contributed by atoms with Crippen LogP contribution in [0.5, 0.6) is 0 Å². The lowest BCUT2D eigenvalue weighted by Gasteiger charge is -2.27. The van der Waals surface area contributed by atoms with Crippen LogP contribution >= 0.6 is 11.3 Å². The van der Waals surface area contributed by atoms with Crippen molar-refractivity contribution in [3.63, 3.8) is 0 Å². The predicted octanol–water partition coefficient (Wildman–Crippen LogP) is 3.71. The van der Waals surface area contributed by atoms with Gasteiger partial charge < -0.3 is 5.11 Å². The monoisotopic (exact) mass is 304 g/mol. The van der Waals surface area contributed by atoms with Crippen molar-refractivity contribution in [2.45, 2.75) is 46.4 Å². The number of benzene rings is 1. The summed E-state index contributed by atoms with van der Waals surface area (Å²) >= 11 is 1.75. The molecule has 0 saturated carbocycles. The van der Waals surface area contributed by atoms with Crippen LogP contribution in [-0.2, 0) is 6.54 Å². The van der Waals surface area contributed by atoms with Gasteiger partial charge in [-0.2, -0.15) is 0 Å². The molecule has 1 heterocycles. The van der Waals surface area contributed by atoms with E-state index in [-0.39, 0.29) is 6.10 Å². The third kappa shape index (κ3) is 4.37. The summed E-state index contributed by atoms with van der Waals surface area (Å²) in [5.74, 6) is 0. The topological polar surface area (TPSA) is 36.4 Å². The molecule has 2 rings (SSSR count). The van der Waals surface area contributed by atoms with Crippen molar-refractivity contribution in [1.29, 1.82) is 0 Å². The van der Waals surface area contributed by atoms with Crippen molar-refractivity contribution in [2.75, 3.05) is 6.54 Å². The summed E-state index contributed by atoms with van der Waals surface area (Å²) in [5.41, 5.74) is 2.26. The van der Waals surface area contributed by atoms with E-state index in [1.165, 1.54) is 10.4 Å². The van der Waals surface area contributed by atoms with Crippen LogP contribution in [0.1, 0.15) is 31.3 Å². The molecule has 1 aromatic carbocycles. The Balaban J connectivity index is 2.19. The second kappa shape index (κ2) is 7.16. The first-order chi connectivity index (χ1) is 9.97. The van der Waals surface area contributed by atoms with Gasteiger partial charge in [0, 0.05) is 29.6 Å². The van der Waals surface area contributed by atoms with Crippen LogP contribution in [0.25, 0.3) is 10.6 Å². The Morgan fingerprint density at radius 1 is 1.19 bits per heavy atom. The highest BCUT2D eigenvalue weighted by molar-refractivity contribution is 7.15. The molecule has 0 aliphatic heterocycles. The standard InChI is InChI=1S/C17H24N2OS/c1-12(2)19(10-13(3)20)11-16-14(4)18-17(21-16)15-8-6-5-7-9-15/h5-9,12-13,20H,10-11H2,1-4H3. The quantitative estimate of drug-likeness (QED) is 0.884. The Morgan fingerprint density at radius 3 is 2.43 bits per heavy atom. The summed E-state index contributed by atoms with van der Waals surface area (Å²) in [7, 11) is 0. The third-order valence-electron chi connectivity index (χ3n) is 3.49. The molecule has 0 spiro atoms. The maximum absolute atomic E-state index is 9.65. The van der Waals surface area contributed by atoms with E-state index in [1.807, 2.05) is 25.1 Å². The van der Waals surface area contributed by atoms with Gasteiger partial charge in [0.05, 0.1) is 11.8 Å². The molecule has 1 atom stereocenters. The van der Waals surface area contributed by atoms with E-state index >= 15 is 0 Å². The minimum Gasteiger partial charge on any atom is -0.392 e. The number of hydrogen-bond donors (Lipinski definition) is 1. The van der Waals surface area contributed by atoms with Crippen LogP contribution in [0.3, 0.4) is 0 Å². The first-order valence-electron chi connectivity index (χ1n) is 7.41. The lowest BCUT2D eigenvalue weighted by molar-refractivity contribution is 0.103. The van der Waals surface area contributed by atoms with Crippen LogP contribution in [0.2, 0.25) is 0 Å². The molecule has 0 amide bonds. The van der Waals surface area contributed by atoms with Crippen LogP contribution in [0.15, 0.2) is 30.3 Å². The molecule has 3 nitrogen and oxygen atoms in total. The van der Waals surface area contributed by atoms with Crippen LogP contribution in [0.4, 0.5) is 0 Å². The summed E-state index contributed by atoms with van der Waals surface area (Å²) in [5, 5.41) is 10.7. The van der Waals surface area contributed by atoms with E-state index in [9.17, 15) is 5.11 Å². The summed E-state index contributed by atoms with van der Waals surface area (Å²) in [6.07, 6.45) is -0.311. The molecule has 4 heteroatoms. The normalized spacial score (nSPS) is 13.1. The van der Waals surface area contributed by atoms with Gasteiger partial charge in [-0.05, 0) is 27.7 Å². The second-order valence-corrected chi connectivity index (χ2v) is 6.85. The fourth-order valence-corrected chi connectivity index (χ4v) is 3.35. The number of thiazole rings is 1. The summed E-state index contributed by atoms with van der Waals surface area (Å²) < 4.78 is 0. The van der Waals surface area contributed by atoms with Gasteiger partial charge in [-0.15, -0.1) is 11.3 Å². The Labute approximate surface area is 131 Å². The van der Waals surface area contributed by atoms with Crippen molar-refractivity contribution < 1.29 is 5.11 Å². The average molecular weight is 304 g/mol. The van der Waals surface area contributed by atoms with Crippen molar-refractivity contribution in [3.05, 3.63) is 40.9 Å². The Hall–Kier alpha value is -1.23. The molecule has 1 aromatic heterocycles. The summed E-state index contributed by atoms with van der Waals surface area (Å²) in [6.45, 7) is 9.77. The maximum atomic E-state index is 9.65. The van der Waals surface area contributed by atoms with Gasteiger partial charge >= 0.3 is 0 Å². The maximum Gasteiger partial charge on any atom is 0.123 e. The number of aliphatic hydroxyl groups is 1. The van der Waals surface area contributed by atoms with Gasteiger partial charge in [-0.1, -0.05) is 30.3 Å². The lowest BCUT2D eigenvalue weighted by Crippen LogP contribution is -2.35. The van der Waals surface area contributed by atoms with Crippen LogP contribution in [0, 0.1) is 6.92 Å². The minimum absolute atomic E-state index is 0.311. The van der Waals surface area contributed by atoms with Gasteiger partial charge in [-0.3, -0.25) is 4.90 Å². The van der Waals surface area contributed by atoms with E-state index < -0.39 is 0 Å². The fraction of sp³-hybridized carbons (Fsp3) is 0.471. The molecule has 21 heavy (non-hydrogen) atoms. The van der Waals surface area contributed by atoms with E-state index in [1.54, 1.807) is 11.3 Å². The zero-order chi connectivity index (χ0) is 15.4. The van der Waals surface area contributed by atoms with Gasteiger partial charge in [-0.25, -0.2) is 4.98 Å². The molecule has 0 aliphatic rings. The molecule has 0 bridgehead atoms. The minimum atomic E-state index is -0.311. The number of rotatable bonds is 6. The zero-order valence-corrected chi connectivity index (χ0v) is 14.0. The summed E-state index contributed by atoms with van der Waals surface area (Å²) in [6, 6.07) is 10.7. The van der Waals surface area contributed by atoms with Crippen molar-refractivity contribution in [3.8, 4) is 10.6 Å². The molecule has 0 fully saturated rings. The number of aromatic nitrogens is 1. The molecule has 1 unspecified atom stereocenters. The highest BCUT2D eigenvalue weighted by atomic mass is 32.1. The predicted molar refractivity (Wildman–Crippen MR) is 89.5 cm³/mol. The average Bonchev–Trinajstić information content (AvgIpc) is 2.80. The van der Waals surface area contributed by atoms with Crippen LogP contribution < -0.4 is 0 Å². The molecular formula is C17H24N2OS. The molecular weight excluding hydrogens is 280 g/mol. The first kappa shape index (κ1) is 16.1. The second-order valence-electron chi connectivity index (χ2n) is 5.77. The zero-order valence-electron chi connectivity index (χ0n) is 13.2. The number of hydrogen-bond acceptors (Lipinski definition) is 4. The highest BCUT2D eigenvalue weighted by Gasteiger charge is 2.16. The SMILES string of the molecule is Cc1nc(-c2ccccc2)sc1CN(CC(C)O)C(C)C. The van der Waals surface area contributed by atoms with Gasteiger partial charge in [0.15, 0.2) is 0 Å².